The standard InChI is InChI=1S/C29H37N5OS/c1-20-9-10-24(18-21(20)2)34-28(27(31-29(34)36)26-8-5-6-11-30-26)25-19-22(3)33(23(25)4)13-7-12-32-14-16-35-17-15-32/h5-6,8-11,18-19,27-28H,7,12-17H2,1-4H3,(H,31,36)/t27-,28-/m1/s1. The van der Waals surface area contributed by atoms with Crippen molar-refractivity contribution in [3.63, 3.8) is 0 Å². The van der Waals surface area contributed by atoms with Gasteiger partial charge in [0, 0.05) is 49.5 Å². The third kappa shape index (κ3) is 4.92. The number of aryl methyl sites for hydroxylation is 3. The average molecular weight is 504 g/mol. The summed E-state index contributed by atoms with van der Waals surface area (Å²) in [4.78, 5) is 9.52. The number of morpholine rings is 1. The van der Waals surface area contributed by atoms with Gasteiger partial charge in [-0.3, -0.25) is 9.88 Å². The molecule has 2 aliphatic rings. The summed E-state index contributed by atoms with van der Waals surface area (Å²) in [6.07, 6.45) is 2.99. The quantitative estimate of drug-likeness (QED) is 0.457. The van der Waals surface area contributed by atoms with E-state index in [1.807, 2.05) is 12.3 Å². The van der Waals surface area contributed by atoms with Gasteiger partial charge in [0.25, 0.3) is 0 Å². The number of thiocarbonyl (C=S) groups is 1. The molecule has 2 atom stereocenters. The van der Waals surface area contributed by atoms with E-state index in [2.05, 4.69) is 83.8 Å². The van der Waals surface area contributed by atoms with Crippen LogP contribution in [-0.2, 0) is 11.3 Å². The Bertz CT molecular complexity index is 1220. The highest BCUT2D eigenvalue weighted by Crippen LogP contribution is 2.43. The zero-order chi connectivity index (χ0) is 25.2. The molecule has 2 aliphatic heterocycles. The van der Waals surface area contributed by atoms with Crippen molar-refractivity contribution >= 4 is 23.0 Å². The first kappa shape index (κ1) is 24.9. The molecule has 4 heterocycles. The number of rotatable bonds is 7. The van der Waals surface area contributed by atoms with Gasteiger partial charge in [0.15, 0.2) is 5.11 Å². The molecule has 2 fully saturated rings. The van der Waals surface area contributed by atoms with Gasteiger partial charge in [-0.15, -0.1) is 0 Å². The number of ether oxygens (including phenoxy) is 1. The lowest BCUT2D eigenvalue weighted by Gasteiger charge is -2.29. The predicted molar refractivity (Wildman–Crippen MR) is 150 cm³/mol. The van der Waals surface area contributed by atoms with Crippen molar-refractivity contribution in [2.24, 2.45) is 0 Å². The van der Waals surface area contributed by atoms with E-state index >= 15 is 0 Å². The fourth-order valence-electron chi connectivity index (χ4n) is 5.57. The van der Waals surface area contributed by atoms with Gasteiger partial charge >= 0.3 is 0 Å². The Labute approximate surface area is 220 Å². The number of anilines is 1. The molecular formula is C29H37N5OS. The molecule has 6 nitrogen and oxygen atoms in total. The van der Waals surface area contributed by atoms with Crippen LogP contribution in [0, 0.1) is 27.7 Å². The van der Waals surface area contributed by atoms with Gasteiger partial charge in [-0.1, -0.05) is 12.1 Å². The second-order valence-corrected chi connectivity index (χ2v) is 10.4. The number of nitrogens with zero attached hydrogens (tertiary/aromatic N) is 4. The number of hydrogen-bond acceptors (Lipinski definition) is 4. The fraction of sp³-hybridized carbons (Fsp3) is 0.448. The predicted octanol–water partition coefficient (Wildman–Crippen LogP) is 5.02. The van der Waals surface area contributed by atoms with Crippen molar-refractivity contribution < 1.29 is 4.74 Å². The van der Waals surface area contributed by atoms with Crippen LogP contribution in [0.5, 0.6) is 0 Å². The maximum absolute atomic E-state index is 5.94. The molecule has 1 aromatic carbocycles. The fourth-order valence-corrected chi connectivity index (χ4v) is 5.92. The SMILES string of the molecule is Cc1ccc(N2C(=S)N[C@H](c3ccccn3)[C@H]2c2cc(C)n(CCCN3CCOCC3)c2C)cc1C. The molecule has 36 heavy (non-hydrogen) atoms. The molecular weight excluding hydrogens is 466 g/mol. The molecule has 1 N–H and O–H groups in total. The Hall–Kier alpha value is -2.74. The van der Waals surface area contributed by atoms with E-state index in [0.29, 0.717) is 0 Å². The van der Waals surface area contributed by atoms with E-state index in [1.165, 1.54) is 28.1 Å². The second kappa shape index (κ2) is 10.7. The van der Waals surface area contributed by atoms with E-state index in [4.69, 9.17) is 21.9 Å². The highest BCUT2D eigenvalue weighted by atomic mass is 32.1. The van der Waals surface area contributed by atoms with Crippen LogP contribution >= 0.6 is 12.2 Å². The van der Waals surface area contributed by atoms with E-state index in [9.17, 15) is 0 Å². The molecule has 0 unspecified atom stereocenters. The van der Waals surface area contributed by atoms with Crippen molar-refractivity contribution in [2.75, 3.05) is 37.7 Å². The van der Waals surface area contributed by atoms with Gasteiger partial charge in [-0.05, 0) is 93.4 Å². The van der Waals surface area contributed by atoms with Crippen molar-refractivity contribution in [2.45, 2.75) is 52.7 Å². The highest BCUT2D eigenvalue weighted by Gasteiger charge is 2.42. The minimum atomic E-state index is -0.0254. The second-order valence-electron chi connectivity index (χ2n) is 10.1. The number of aromatic nitrogens is 2. The summed E-state index contributed by atoms with van der Waals surface area (Å²) in [6.45, 7) is 14.7. The zero-order valence-electron chi connectivity index (χ0n) is 21.8. The number of benzene rings is 1. The largest absolute Gasteiger partial charge is 0.379 e. The summed E-state index contributed by atoms with van der Waals surface area (Å²) < 4.78 is 7.98. The topological polar surface area (TPSA) is 45.6 Å². The monoisotopic (exact) mass is 503 g/mol. The van der Waals surface area contributed by atoms with Gasteiger partial charge in [0.05, 0.1) is 31.0 Å². The third-order valence-corrected chi connectivity index (χ3v) is 8.07. The van der Waals surface area contributed by atoms with Crippen LogP contribution < -0.4 is 10.2 Å². The highest BCUT2D eigenvalue weighted by molar-refractivity contribution is 7.80. The van der Waals surface area contributed by atoms with Crippen LogP contribution in [0.3, 0.4) is 0 Å². The van der Waals surface area contributed by atoms with Crippen LogP contribution in [0.25, 0.3) is 0 Å². The molecule has 0 radical (unpaired) electrons. The molecule has 7 heteroatoms. The zero-order valence-corrected chi connectivity index (χ0v) is 22.6. The van der Waals surface area contributed by atoms with Crippen molar-refractivity contribution in [1.29, 1.82) is 0 Å². The Morgan fingerprint density at radius 1 is 1.00 bits per heavy atom. The molecule has 190 valence electrons. The average Bonchev–Trinajstić information content (AvgIpc) is 3.37. The smallest absolute Gasteiger partial charge is 0.174 e. The first-order valence-electron chi connectivity index (χ1n) is 13.0. The van der Waals surface area contributed by atoms with E-state index in [-0.39, 0.29) is 12.1 Å². The third-order valence-electron chi connectivity index (χ3n) is 7.76. The van der Waals surface area contributed by atoms with Gasteiger partial charge in [-0.25, -0.2) is 0 Å². The molecule has 2 aromatic heterocycles. The van der Waals surface area contributed by atoms with Crippen molar-refractivity contribution in [3.05, 3.63) is 82.4 Å². The molecule has 0 aliphatic carbocycles. The minimum absolute atomic E-state index is 0.0219. The first-order valence-corrected chi connectivity index (χ1v) is 13.4. The summed E-state index contributed by atoms with van der Waals surface area (Å²) in [6, 6.07) is 15.1. The molecule has 0 saturated carbocycles. The van der Waals surface area contributed by atoms with Crippen LogP contribution in [0.1, 0.15) is 52.3 Å². The summed E-state index contributed by atoms with van der Waals surface area (Å²) in [7, 11) is 0. The molecule has 0 amide bonds. The van der Waals surface area contributed by atoms with Crippen molar-refractivity contribution in [1.82, 2.24) is 19.8 Å². The molecule has 5 rings (SSSR count). The summed E-state index contributed by atoms with van der Waals surface area (Å²) in [5.74, 6) is 0. The normalized spacial score (nSPS) is 20.7. The van der Waals surface area contributed by atoms with Crippen LogP contribution in [0.4, 0.5) is 5.69 Å². The lowest BCUT2D eigenvalue weighted by atomic mass is 9.96. The van der Waals surface area contributed by atoms with Crippen molar-refractivity contribution in [3.8, 4) is 0 Å². The first-order chi connectivity index (χ1) is 17.4. The van der Waals surface area contributed by atoms with Crippen LogP contribution in [-0.4, -0.2) is 52.4 Å². The molecule has 2 saturated heterocycles. The van der Waals surface area contributed by atoms with Gasteiger partial charge in [-0.2, -0.15) is 0 Å². The molecule has 3 aromatic rings. The van der Waals surface area contributed by atoms with Crippen LogP contribution in [0.15, 0.2) is 48.7 Å². The maximum atomic E-state index is 5.94. The number of pyridine rings is 1. The van der Waals surface area contributed by atoms with E-state index in [0.717, 1.165) is 62.3 Å². The summed E-state index contributed by atoms with van der Waals surface area (Å²) >= 11 is 5.94. The van der Waals surface area contributed by atoms with Gasteiger partial charge < -0.3 is 19.5 Å². The number of hydrogen-bond donors (Lipinski definition) is 1. The maximum Gasteiger partial charge on any atom is 0.174 e. The summed E-state index contributed by atoms with van der Waals surface area (Å²) in [5.41, 5.74) is 8.59. The van der Waals surface area contributed by atoms with Gasteiger partial charge in [0.2, 0.25) is 0 Å². The number of nitrogens with one attached hydrogen (secondary N) is 1. The van der Waals surface area contributed by atoms with Crippen LogP contribution in [0.2, 0.25) is 0 Å². The van der Waals surface area contributed by atoms with Gasteiger partial charge in [0.1, 0.15) is 0 Å². The Balaban J connectivity index is 1.48. The minimum Gasteiger partial charge on any atom is -0.379 e. The Kier molecular flexibility index (Phi) is 7.42. The lowest BCUT2D eigenvalue weighted by Crippen LogP contribution is -2.37. The lowest BCUT2D eigenvalue weighted by molar-refractivity contribution is 0.0369. The van der Waals surface area contributed by atoms with E-state index < -0.39 is 0 Å². The molecule has 0 bridgehead atoms. The Morgan fingerprint density at radius 3 is 2.53 bits per heavy atom. The Morgan fingerprint density at radius 2 is 1.81 bits per heavy atom. The summed E-state index contributed by atoms with van der Waals surface area (Å²) in [5, 5.41) is 4.36. The molecule has 0 spiro atoms. The van der Waals surface area contributed by atoms with E-state index in [1.54, 1.807) is 0 Å².